The highest BCUT2D eigenvalue weighted by molar-refractivity contribution is 5.99. The molecule has 0 radical (unpaired) electrons. The van der Waals surface area contributed by atoms with E-state index in [1.54, 1.807) is 24.3 Å². The van der Waals surface area contributed by atoms with Crippen LogP contribution < -0.4 is 5.17 Å². The van der Waals surface area contributed by atoms with E-state index in [1.165, 1.54) is 7.05 Å². The van der Waals surface area contributed by atoms with E-state index in [4.69, 9.17) is 0 Å². The molecule has 0 fully saturated rings. The first-order chi connectivity index (χ1) is 5.72. The molecule has 1 heterocycles. The highest BCUT2D eigenvalue weighted by Gasteiger charge is 2.31. The van der Waals surface area contributed by atoms with Crippen molar-refractivity contribution < 1.29 is 9.97 Å². The number of carbonyl (C=O) groups is 1. The lowest BCUT2D eigenvalue weighted by Crippen LogP contribution is -3.07. The molecule has 1 atom stereocenters. The summed E-state index contributed by atoms with van der Waals surface area (Å²) in [7, 11) is 1.49. The third-order valence-corrected chi connectivity index (χ3v) is 2.00. The smallest absolute Gasteiger partial charge is 0.305 e. The molecule has 2 rings (SSSR count). The highest BCUT2D eigenvalue weighted by atomic mass is 16.6. The molecule has 1 aliphatic heterocycles. The largest absolute Gasteiger partial charge is 0.602 e. The first-order valence-corrected chi connectivity index (χ1v) is 3.63. The van der Waals surface area contributed by atoms with E-state index in [2.05, 4.69) is 0 Å². The van der Waals surface area contributed by atoms with Gasteiger partial charge in [-0.2, -0.15) is 5.01 Å². The van der Waals surface area contributed by atoms with Crippen LogP contribution in [0.2, 0.25) is 0 Å². The van der Waals surface area contributed by atoms with Gasteiger partial charge in [0.15, 0.2) is 5.69 Å². The molecule has 0 aliphatic carbocycles. The van der Waals surface area contributed by atoms with Gasteiger partial charge in [0.05, 0.1) is 7.05 Å². The van der Waals surface area contributed by atoms with Gasteiger partial charge in [-0.3, -0.25) is 4.79 Å². The highest BCUT2D eigenvalue weighted by Crippen LogP contribution is 2.16. The van der Waals surface area contributed by atoms with E-state index in [-0.39, 0.29) is 11.1 Å². The molecule has 1 aromatic rings. The molecule has 12 heavy (non-hydrogen) atoms. The maximum absolute atomic E-state index is 11.3. The fourth-order valence-electron chi connectivity index (χ4n) is 1.31. The summed E-state index contributed by atoms with van der Waals surface area (Å²) in [5, 5.41) is 12.2. The summed E-state index contributed by atoms with van der Waals surface area (Å²) in [6, 6.07) is 6.84. The van der Waals surface area contributed by atoms with Crippen LogP contribution in [0.4, 0.5) is 5.69 Å². The second-order valence-corrected chi connectivity index (χ2v) is 2.71. The zero-order valence-corrected chi connectivity index (χ0v) is 6.57. The van der Waals surface area contributed by atoms with Gasteiger partial charge in [-0.25, -0.2) is 5.17 Å². The molecule has 1 unspecified atom stereocenters. The van der Waals surface area contributed by atoms with Crippen LogP contribution in [0.25, 0.3) is 0 Å². The molecule has 1 aromatic carbocycles. The van der Waals surface area contributed by atoms with Gasteiger partial charge < -0.3 is 5.21 Å². The van der Waals surface area contributed by atoms with Crippen molar-refractivity contribution in [3.8, 4) is 0 Å². The summed E-state index contributed by atoms with van der Waals surface area (Å²) in [5.41, 5.74) is 1.01. The number of amides is 1. The molecular weight excluding hydrogens is 156 g/mol. The van der Waals surface area contributed by atoms with Crippen molar-refractivity contribution in [3.63, 3.8) is 0 Å². The van der Waals surface area contributed by atoms with Gasteiger partial charge in [0, 0.05) is 6.07 Å². The molecule has 1 aliphatic rings. The number of nitrogens with one attached hydrogen (secondary N) is 1. The molecule has 1 amide bonds. The Hall–Kier alpha value is -1.39. The predicted molar refractivity (Wildman–Crippen MR) is 42.5 cm³/mol. The minimum absolute atomic E-state index is 0.212. The second-order valence-electron chi connectivity index (χ2n) is 2.71. The summed E-state index contributed by atoms with van der Waals surface area (Å²) in [6.07, 6.45) is 0. The molecule has 4 heteroatoms. The summed E-state index contributed by atoms with van der Waals surface area (Å²) in [5.74, 6) is -0.212. The first-order valence-electron chi connectivity index (χ1n) is 3.63. The normalized spacial score (nSPS) is 21.3. The number of fused-ring (bicyclic) bond motifs is 1. The molecule has 0 spiro atoms. The van der Waals surface area contributed by atoms with Crippen molar-refractivity contribution in [1.82, 2.24) is 5.01 Å². The maximum Gasteiger partial charge on any atom is 0.305 e. The Morgan fingerprint density at radius 3 is 2.75 bits per heavy atom. The van der Waals surface area contributed by atoms with Gasteiger partial charge in [0.2, 0.25) is 0 Å². The molecule has 4 nitrogen and oxygen atoms in total. The average molecular weight is 164 g/mol. The quantitative estimate of drug-likeness (QED) is 0.535. The van der Waals surface area contributed by atoms with Crippen molar-refractivity contribution in [2.24, 2.45) is 0 Å². The number of nitrogens with zero attached hydrogens (tertiary/aromatic N) is 1. The topological polar surface area (TPSA) is 47.8 Å². The summed E-state index contributed by atoms with van der Waals surface area (Å²) >= 11 is 0. The maximum atomic E-state index is 11.3. The minimum atomic E-state index is -0.212. The Bertz CT molecular complexity index is 338. The monoisotopic (exact) mass is 164 g/mol. The van der Waals surface area contributed by atoms with Crippen LogP contribution in [0.1, 0.15) is 10.4 Å². The summed E-state index contributed by atoms with van der Waals surface area (Å²) in [4.78, 5) is 11.3. The summed E-state index contributed by atoms with van der Waals surface area (Å²) < 4.78 is 0. The number of hydrogen-bond donors (Lipinski definition) is 1. The van der Waals surface area contributed by atoms with Crippen LogP contribution in [0, 0.1) is 5.21 Å². The van der Waals surface area contributed by atoms with E-state index in [1.807, 2.05) is 0 Å². The van der Waals surface area contributed by atoms with Crippen molar-refractivity contribution >= 4 is 11.6 Å². The van der Waals surface area contributed by atoms with Gasteiger partial charge >= 0.3 is 5.91 Å². The molecule has 0 saturated heterocycles. The van der Waals surface area contributed by atoms with Crippen LogP contribution in [-0.2, 0) is 0 Å². The summed E-state index contributed by atoms with van der Waals surface area (Å²) in [6.45, 7) is 0. The Kier molecular flexibility index (Phi) is 1.39. The molecule has 62 valence electrons. The van der Waals surface area contributed by atoms with E-state index in [9.17, 15) is 10.0 Å². The fourth-order valence-corrected chi connectivity index (χ4v) is 1.31. The molecule has 0 aromatic heterocycles. The van der Waals surface area contributed by atoms with E-state index in [0.29, 0.717) is 11.3 Å². The van der Waals surface area contributed by atoms with E-state index >= 15 is 0 Å². The molecule has 1 N–H and O–H groups in total. The lowest BCUT2D eigenvalue weighted by Gasteiger charge is -2.21. The van der Waals surface area contributed by atoms with Crippen LogP contribution in [0.5, 0.6) is 0 Å². The zero-order chi connectivity index (χ0) is 8.72. The molecule has 0 bridgehead atoms. The third-order valence-electron chi connectivity index (χ3n) is 2.00. The van der Waals surface area contributed by atoms with Crippen molar-refractivity contribution in [2.45, 2.75) is 0 Å². The Morgan fingerprint density at radius 1 is 1.42 bits per heavy atom. The predicted octanol–water partition coefficient (Wildman–Crippen LogP) is -0.299. The standard InChI is InChI=1S/C8H8N2O2/c1-9-8(11)6-4-2-3-5-7(6)10(9)12/h2-5,10H,1H3. The Labute approximate surface area is 69.6 Å². The number of carbonyl (C=O) groups excluding carboxylic acids is 1. The lowest BCUT2D eigenvalue weighted by molar-refractivity contribution is -0.886. The average Bonchev–Trinajstić information content (AvgIpc) is 2.33. The second kappa shape index (κ2) is 2.30. The van der Waals surface area contributed by atoms with Gasteiger partial charge in [0.1, 0.15) is 5.56 Å². The van der Waals surface area contributed by atoms with Gasteiger partial charge in [-0.15, -0.1) is 0 Å². The van der Waals surface area contributed by atoms with Gasteiger partial charge in [-0.1, -0.05) is 12.1 Å². The van der Waals surface area contributed by atoms with E-state index < -0.39 is 0 Å². The van der Waals surface area contributed by atoms with Crippen LogP contribution in [-0.4, -0.2) is 18.0 Å². The molecular formula is C8H8N2O2. The Balaban J connectivity index is 2.59. The van der Waals surface area contributed by atoms with Gasteiger partial charge in [0.25, 0.3) is 0 Å². The third kappa shape index (κ3) is 0.760. The van der Waals surface area contributed by atoms with E-state index in [0.717, 1.165) is 5.01 Å². The lowest BCUT2D eigenvalue weighted by atomic mass is 10.2. The fraction of sp³-hybridized carbons (Fsp3) is 0.125. The Morgan fingerprint density at radius 2 is 2.08 bits per heavy atom. The van der Waals surface area contributed by atoms with Crippen molar-refractivity contribution in [1.29, 1.82) is 0 Å². The molecule has 0 saturated carbocycles. The number of hydrogen-bond acceptors (Lipinski definition) is 2. The zero-order valence-electron chi connectivity index (χ0n) is 6.57. The number of quaternary nitrogens is 1. The van der Waals surface area contributed by atoms with Crippen LogP contribution in [0.3, 0.4) is 0 Å². The van der Waals surface area contributed by atoms with Crippen LogP contribution >= 0.6 is 0 Å². The minimum Gasteiger partial charge on any atom is -0.602 e. The van der Waals surface area contributed by atoms with Crippen molar-refractivity contribution in [3.05, 3.63) is 35.0 Å². The van der Waals surface area contributed by atoms with Crippen molar-refractivity contribution in [2.75, 3.05) is 7.05 Å². The number of benzene rings is 1. The SMILES string of the molecule is CN1C(=O)c2ccccc2[NH+]1[O-]. The number of rotatable bonds is 0. The first kappa shape index (κ1) is 7.27. The van der Waals surface area contributed by atoms with Crippen LogP contribution in [0.15, 0.2) is 24.3 Å². The van der Waals surface area contributed by atoms with Gasteiger partial charge in [-0.05, 0) is 6.07 Å².